The predicted molar refractivity (Wildman–Crippen MR) is 126 cm³/mol. The highest BCUT2D eigenvalue weighted by Gasteiger charge is 2.24. The van der Waals surface area contributed by atoms with E-state index < -0.39 is 0 Å². The summed E-state index contributed by atoms with van der Waals surface area (Å²) in [5, 5.41) is 13.5. The number of hydrogen-bond donors (Lipinski definition) is 1. The van der Waals surface area contributed by atoms with Gasteiger partial charge in [0, 0.05) is 4.88 Å². The van der Waals surface area contributed by atoms with Crippen molar-refractivity contribution in [1.82, 2.24) is 30.2 Å². The second-order valence-electron chi connectivity index (χ2n) is 8.21. The van der Waals surface area contributed by atoms with Crippen molar-refractivity contribution in [2.24, 2.45) is 5.92 Å². The predicted octanol–water partition coefficient (Wildman–Crippen LogP) is 4.01. The minimum absolute atomic E-state index is 0.0395. The molecule has 4 aromatic rings. The minimum atomic E-state index is -0.106. The molecule has 1 aromatic carbocycles. The number of fused-ring (bicyclic) bond motifs is 3. The summed E-state index contributed by atoms with van der Waals surface area (Å²) in [7, 11) is 1.65. The molecule has 0 spiro atoms. The fourth-order valence-corrected chi connectivity index (χ4v) is 6.29. The molecule has 32 heavy (non-hydrogen) atoms. The molecule has 2 atom stereocenters. The molecule has 10 heteroatoms. The van der Waals surface area contributed by atoms with Crippen molar-refractivity contribution in [2.45, 2.75) is 50.1 Å². The summed E-state index contributed by atoms with van der Waals surface area (Å²) in [5.41, 5.74) is 2.23. The molecule has 0 amide bonds. The Labute approximate surface area is 193 Å². The number of H-pyrrole nitrogens is 1. The molecule has 0 fully saturated rings. The lowest BCUT2D eigenvalue weighted by Gasteiger charge is -2.17. The molecule has 1 aliphatic rings. The van der Waals surface area contributed by atoms with Crippen LogP contribution in [0.5, 0.6) is 5.75 Å². The maximum absolute atomic E-state index is 12.9. The molecule has 2 unspecified atom stereocenters. The van der Waals surface area contributed by atoms with Crippen LogP contribution in [0, 0.1) is 5.92 Å². The molecule has 0 radical (unpaired) electrons. The minimum Gasteiger partial charge on any atom is -0.497 e. The first-order chi connectivity index (χ1) is 15.5. The van der Waals surface area contributed by atoms with E-state index in [0.29, 0.717) is 23.4 Å². The zero-order valence-corrected chi connectivity index (χ0v) is 19.8. The van der Waals surface area contributed by atoms with Crippen LogP contribution in [0.1, 0.15) is 47.3 Å². The van der Waals surface area contributed by atoms with Gasteiger partial charge in [-0.3, -0.25) is 4.79 Å². The highest BCUT2D eigenvalue weighted by molar-refractivity contribution is 7.99. The molecule has 0 bridgehead atoms. The summed E-state index contributed by atoms with van der Waals surface area (Å²) in [4.78, 5) is 22.9. The summed E-state index contributed by atoms with van der Waals surface area (Å²) in [6.45, 7) is 4.83. The third kappa shape index (κ3) is 4.04. The van der Waals surface area contributed by atoms with Gasteiger partial charge in [0.2, 0.25) is 5.16 Å². The molecule has 5 rings (SSSR count). The number of aryl methyl sites for hydroxylation is 1. The van der Waals surface area contributed by atoms with Gasteiger partial charge in [-0.15, -0.1) is 16.4 Å². The van der Waals surface area contributed by atoms with Gasteiger partial charge in [0.25, 0.3) is 5.56 Å². The van der Waals surface area contributed by atoms with Crippen molar-refractivity contribution < 1.29 is 4.74 Å². The van der Waals surface area contributed by atoms with Crippen LogP contribution < -0.4 is 10.3 Å². The van der Waals surface area contributed by atoms with E-state index in [2.05, 4.69) is 27.4 Å². The zero-order chi connectivity index (χ0) is 22.2. The van der Waals surface area contributed by atoms with E-state index in [1.54, 1.807) is 23.1 Å². The van der Waals surface area contributed by atoms with Crippen molar-refractivity contribution in [3.63, 3.8) is 0 Å². The standard InChI is InChI=1S/C22H24N6O2S2/c1-12-4-9-16-17(10-12)32-21-18(16)20(29)23-19(24-21)13(2)31-22-25-26-27-28(22)11-14-5-7-15(30-3)8-6-14/h5-8,12-13H,4,9-11H2,1-3H3,(H,23,24,29). The lowest BCUT2D eigenvalue weighted by molar-refractivity contribution is 0.414. The van der Waals surface area contributed by atoms with E-state index in [-0.39, 0.29) is 10.8 Å². The van der Waals surface area contributed by atoms with Gasteiger partial charge in [0.05, 0.1) is 24.3 Å². The summed E-state index contributed by atoms with van der Waals surface area (Å²) >= 11 is 3.15. The van der Waals surface area contributed by atoms with Crippen LogP contribution in [-0.4, -0.2) is 37.3 Å². The smallest absolute Gasteiger partial charge is 0.259 e. The van der Waals surface area contributed by atoms with Gasteiger partial charge in [0.1, 0.15) is 16.4 Å². The van der Waals surface area contributed by atoms with Crippen LogP contribution >= 0.6 is 23.1 Å². The van der Waals surface area contributed by atoms with Gasteiger partial charge in [-0.25, -0.2) is 9.67 Å². The van der Waals surface area contributed by atoms with Crippen LogP contribution in [0.2, 0.25) is 0 Å². The Morgan fingerprint density at radius 2 is 2.16 bits per heavy atom. The van der Waals surface area contributed by atoms with Crippen LogP contribution in [0.25, 0.3) is 10.2 Å². The molecule has 1 N–H and O–H groups in total. The maximum Gasteiger partial charge on any atom is 0.259 e. The summed E-state index contributed by atoms with van der Waals surface area (Å²) in [5.74, 6) is 2.12. The molecule has 3 heterocycles. The molecule has 3 aromatic heterocycles. The molecule has 0 saturated heterocycles. The summed E-state index contributed by atoms with van der Waals surface area (Å²) in [6, 6.07) is 7.82. The molecular formula is C22H24N6O2S2. The number of thiophene rings is 1. The second-order valence-corrected chi connectivity index (χ2v) is 10.6. The number of aromatic amines is 1. The fraction of sp³-hybridized carbons (Fsp3) is 0.409. The molecule has 166 valence electrons. The number of hydrogen-bond acceptors (Lipinski definition) is 8. The van der Waals surface area contributed by atoms with Crippen molar-refractivity contribution in [2.75, 3.05) is 7.11 Å². The Morgan fingerprint density at radius 1 is 1.34 bits per heavy atom. The average Bonchev–Trinajstić information content (AvgIpc) is 3.37. The number of methoxy groups -OCH3 is 1. The largest absolute Gasteiger partial charge is 0.497 e. The first-order valence-electron chi connectivity index (χ1n) is 10.6. The van der Waals surface area contributed by atoms with Crippen LogP contribution in [-0.2, 0) is 19.4 Å². The topological polar surface area (TPSA) is 98.6 Å². The third-order valence-corrected chi connectivity index (χ3v) is 8.07. The first kappa shape index (κ1) is 21.1. The lowest BCUT2D eigenvalue weighted by Crippen LogP contribution is -2.15. The van der Waals surface area contributed by atoms with Crippen LogP contribution in [0.15, 0.2) is 34.2 Å². The van der Waals surface area contributed by atoms with Gasteiger partial charge in [-0.2, -0.15) is 0 Å². The van der Waals surface area contributed by atoms with Gasteiger partial charge in [0.15, 0.2) is 0 Å². The number of aromatic nitrogens is 6. The maximum atomic E-state index is 12.9. The highest BCUT2D eigenvalue weighted by Crippen LogP contribution is 2.37. The summed E-state index contributed by atoms with van der Waals surface area (Å²) in [6.07, 6.45) is 3.13. The van der Waals surface area contributed by atoms with E-state index >= 15 is 0 Å². The molecule has 1 aliphatic carbocycles. The monoisotopic (exact) mass is 468 g/mol. The average molecular weight is 469 g/mol. The number of tetrazole rings is 1. The molecule has 8 nitrogen and oxygen atoms in total. The van der Waals surface area contributed by atoms with Crippen molar-refractivity contribution >= 4 is 33.3 Å². The van der Waals surface area contributed by atoms with Crippen LogP contribution in [0.3, 0.4) is 0 Å². The highest BCUT2D eigenvalue weighted by atomic mass is 32.2. The third-order valence-electron chi connectivity index (χ3n) is 5.84. The second kappa shape index (κ2) is 8.67. The number of thioether (sulfide) groups is 1. The normalized spacial score (nSPS) is 16.8. The number of nitrogens with zero attached hydrogens (tertiary/aromatic N) is 5. The lowest BCUT2D eigenvalue weighted by atomic mass is 9.89. The number of rotatable bonds is 6. The van der Waals surface area contributed by atoms with Crippen molar-refractivity contribution in [3.8, 4) is 5.75 Å². The van der Waals surface area contributed by atoms with Gasteiger partial charge in [-0.1, -0.05) is 30.8 Å². The molecular weight excluding hydrogens is 444 g/mol. The van der Waals surface area contributed by atoms with E-state index in [1.807, 2.05) is 31.2 Å². The van der Waals surface area contributed by atoms with Gasteiger partial charge < -0.3 is 9.72 Å². The summed E-state index contributed by atoms with van der Waals surface area (Å²) < 4.78 is 6.97. The molecule has 0 aliphatic heterocycles. The van der Waals surface area contributed by atoms with Crippen LogP contribution in [0.4, 0.5) is 0 Å². The zero-order valence-electron chi connectivity index (χ0n) is 18.2. The Balaban J connectivity index is 1.38. The number of nitrogens with one attached hydrogen (secondary N) is 1. The van der Waals surface area contributed by atoms with E-state index in [1.165, 1.54) is 22.2 Å². The number of ether oxygens (including phenoxy) is 1. The van der Waals surface area contributed by atoms with Gasteiger partial charge in [-0.05, 0) is 65.8 Å². The quantitative estimate of drug-likeness (QED) is 0.427. The Hall–Kier alpha value is -2.72. The fourth-order valence-electron chi connectivity index (χ4n) is 4.06. The van der Waals surface area contributed by atoms with E-state index in [0.717, 1.165) is 40.8 Å². The van der Waals surface area contributed by atoms with E-state index in [4.69, 9.17) is 9.72 Å². The first-order valence-corrected chi connectivity index (χ1v) is 12.3. The Kier molecular flexibility index (Phi) is 5.73. The van der Waals surface area contributed by atoms with Gasteiger partial charge >= 0.3 is 0 Å². The Bertz CT molecular complexity index is 1310. The Morgan fingerprint density at radius 3 is 2.94 bits per heavy atom. The van der Waals surface area contributed by atoms with E-state index in [9.17, 15) is 4.79 Å². The van der Waals surface area contributed by atoms with Crippen molar-refractivity contribution in [3.05, 3.63) is 56.4 Å². The molecule has 0 saturated carbocycles. The van der Waals surface area contributed by atoms with Crippen molar-refractivity contribution in [1.29, 1.82) is 0 Å². The number of benzene rings is 1. The SMILES string of the molecule is COc1ccc(Cn2nnnc2SC(C)c2nc3sc4c(c3c(=O)[nH]2)CCC(C)C4)cc1.